The number of guanidine groups is 1. The van der Waals surface area contributed by atoms with Crippen molar-refractivity contribution in [3.8, 4) is 23.0 Å². The summed E-state index contributed by atoms with van der Waals surface area (Å²) in [7, 11) is 8.46. The van der Waals surface area contributed by atoms with Crippen molar-refractivity contribution in [3.63, 3.8) is 0 Å². The monoisotopic (exact) mass is 1320 g/mol. The molecule has 0 bridgehead atoms. The number of carbonyl (C=O) groups excluding carboxylic acids is 5. The highest BCUT2D eigenvalue weighted by Gasteiger charge is 2.32. The number of halogens is 5. The van der Waals surface area contributed by atoms with Gasteiger partial charge in [-0.05, 0) is 130 Å². The van der Waals surface area contributed by atoms with E-state index in [1.807, 2.05) is 11.3 Å². The number of likely N-dealkylation sites (N-methyl/N-ethyl adjacent to an activating group) is 5. The van der Waals surface area contributed by atoms with Crippen molar-refractivity contribution in [2.75, 3.05) is 80.8 Å². The van der Waals surface area contributed by atoms with Gasteiger partial charge in [0.05, 0.1) is 18.7 Å². The molecule has 6 aliphatic rings. The first kappa shape index (κ1) is 76.5. The van der Waals surface area contributed by atoms with Crippen LogP contribution in [-0.2, 0) is 24.0 Å². The molecule has 0 aliphatic carbocycles. The molecule has 89 heavy (non-hydrogen) atoms. The van der Waals surface area contributed by atoms with Crippen molar-refractivity contribution in [3.05, 3.63) is 135 Å². The molecule has 0 saturated carbocycles. The number of aliphatic carboxylic acids is 1. The standard InChI is InChI=1S/C15H17FN4O2.C12H11FN2O2S.C11H9FN2O2S.C7H5FO2.C4H6N2OS.C4H10N2.C3H7NO2.CH4.ClH/c1-19-12(8-10-4-5-11(16)9-13(10)21)14(22)18-15(19)20-7-3-2-6-17-20;1-15-9(11(17)14-12(15)18-2)5-7-3-4-8(13)6-10(7)16;1-14-8(10(16)13-11(14)17)4-6-2-3-7(12)5-9(6)15;8-6-2-1-5(4-9)7(10)3-6;1-6-2-3(7)5-4(6)8;1-2-4-6-5-3-1;1-4-2-3(5)6;;/h4-5,8-9,17,21H,2-3,6-7H2,1H3;3-6,16H,1-2H3;2-5,15H,1H3,(H,13,16,17);1-4,10H;2H2,1H3,(H,5,7,8);5-6H,1-4H2;4H,2H2,1H3,(H,5,6);1H4;1H/b12-8-;9-5-;8-4-;;;;;;. The minimum atomic E-state index is -0.822. The SMILES string of the molecule is C.C1CCNNC1.CN1C(=S)NC(=O)/C1=C/c1ccc(F)cc1O.CN1C(N2CCCCN2)=NC(=O)/C1=C/c1ccc(F)cc1O.CN1CC(=O)NC1=S.CNCC(=O)O.CSC1=NC(=O)/C(=C/c2ccc(F)cc2O)N1C.Cl.O=Cc1ccc(F)cc1O. The zero-order valence-corrected chi connectivity index (χ0v) is 51.5. The van der Waals surface area contributed by atoms with Gasteiger partial charge in [0.1, 0.15) is 63.4 Å². The van der Waals surface area contributed by atoms with E-state index in [0.717, 1.165) is 69.4 Å². The Labute approximate surface area is 532 Å². The Morgan fingerprint density at radius 2 is 1.08 bits per heavy atom. The first-order valence-electron chi connectivity index (χ1n) is 26.1. The van der Waals surface area contributed by atoms with Crippen LogP contribution in [0.1, 0.15) is 60.2 Å². The molecule has 4 aromatic carbocycles. The van der Waals surface area contributed by atoms with E-state index in [2.05, 4.69) is 42.2 Å². The highest BCUT2D eigenvalue weighted by Crippen LogP contribution is 2.28. The molecule has 6 aliphatic heterocycles. The largest absolute Gasteiger partial charge is 0.507 e. The van der Waals surface area contributed by atoms with Crippen molar-refractivity contribution in [2.45, 2.75) is 33.1 Å². The van der Waals surface area contributed by atoms with Gasteiger partial charge in [-0.3, -0.25) is 49.9 Å². The smallest absolute Gasteiger partial charge is 0.317 e. The fraction of sp³-hybridized carbons (Fsp3) is 0.298. The lowest BCUT2D eigenvalue weighted by atomic mass is 10.1. The van der Waals surface area contributed by atoms with Gasteiger partial charge in [-0.25, -0.2) is 23.0 Å². The average Bonchev–Trinajstić information content (AvgIpc) is 4.25. The summed E-state index contributed by atoms with van der Waals surface area (Å²) >= 11 is 11.0. The number of aliphatic imine (C=N–C) groups is 2. The van der Waals surface area contributed by atoms with Crippen molar-refractivity contribution in [1.82, 2.24) is 56.8 Å². The lowest BCUT2D eigenvalue weighted by molar-refractivity contribution is -0.136. The molecule has 0 aromatic heterocycles. The average molecular weight is 1320 g/mol. The minimum Gasteiger partial charge on any atom is -0.507 e. The normalized spacial score (nSPS) is 17.0. The number of hydrogen-bond acceptors (Lipinski definition) is 20. The van der Waals surface area contributed by atoms with Crippen molar-refractivity contribution >= 4 is 124 Å². The number of phenols is 4. The van der Waals surface area contributed by atoms with Gasteiger partial charge >= 0.3 is 5.97 Å². The fourth-order valence-corrected chi connectivity index (χ4v) is 8.40. The number of nitrogens with zero attached hydrogens (tertiary/aromatic N) is 7. The number of carboxylic acid groups (broad SMARTS) is 1. The van der Waals surface area contributed by atoms with Gasteiger partial charge in [-0.15, -0.1) is 12.4 Å². The van der Waals surface area contributed by atoms with E-state index < -0.39 is 29.2 Å². The summed E-state index contributed by atoms with van der Waals surface area (Å²) in [5.41, 5.74) is 11.5. The molecule has 6 heterocycles. The first-order chi connectivity index (χ1) is 41.3. The number of hydrazine groups is 2. The zero-order chi connectivity index (χ0) is 64.5. The molecule has 0 atom stereocenters. The number of aldehydes is 1. The highest BCUT2D eigenvalue weighted by molar-refractivity contribution is 8.13. The van der Waals surface area contributed by atoms with Gasteiger partial charge in [0.2, 0.25) is 11.9 Å². The molecule has 24 nitrogen and oxygen atoms in total. The van der Waals surface area contributed by atoms with Crippen LogP contribution in [0, 0.1) is 23.3 Å². The Balaban J connectivity index is 0.000000370. The van der Waals surface area contributed by atoms with Crippen molar-refractivity contribution in [1.29, 1.82) is 0 Å². The van der Waals surface area contributed by atoms with Crippen LogP contribution in [0.4, 0.5) is 17.6 Å². The number of rotatable bonds is 6. The number of amidine groups is 1. The van der Waals surface area contributed by atoms with Crippen LogP contribution in [0.3, 0.4) is 0 Å². The number of phenolic OH excluding ortho intramolecular Hbond substituents is 4. The molecule has 4 aromatic rings. The molecule has 10 rings (SSSR count). The predicted molar refractivity (Wildman–Crippen MR) is 342 cm³/mol. The van der Waals surface area contributed by atoms with Crippen molar-refractivity contribution < 1.29 is 71.9 Å². The van der Waals surface area contributed by atoms with Crippen LogP contribution in [0.25, 0.3) is 18.2 Å². The molecule has 4 amide bonds. The van der Waals surface area contributed by atoms with E-state index in [1.165, 1.54) is 90.2 Å². The number of thiocarbonyl (C=S) groups is 2. The first-order valence-corrected chi connectivity index (χ1v) is 28.1. The summed E-state index contributed by atoms with van der Waals surface area (Å²) in [6.45, 7) is 4.35. The number of carbonyl (C=O) groups is 6. The third-order valence-corrected chi connectivity index (χ3v) is 13.6. The molecule has 0 unspecified atom stereocenters. The topological polar surface area (TPSA) is 317 Å². The van der Waals surface area contributed by atoms with Gasteiger partial charge in [0.15, 0.2) is 21.7 Å². The fourth-order valence-electron chi connectivity index (χ4n) is 7.48. The number of carboxylic acids is 1. The molecular formula is C57H70ClF4N13O11S3. The number of thioether (sulfide) groups is 1. The van der Waals surface area contributed by atoms with Crippen molar-refractivity contribution in [2.24, 2.45) is 9.98 Å². The van der Waals surface area contributed by atoms with E-state index in [1.54, 1.807) is 49.9 Å². The highest BCUT2D eigenvalue weighted by atomic mass is 35.5. The Morgan fingerprint density at radius 1 is 0.640 bits per heavy atom. The van der Waals surface area contributed by atoms with E-state index in [9.17, 15) is 61.6 Å². The van der Waals surface area contributed by atoms with Gasteiger partial charge in [-0.1, -0.05) is 19.2 Å². The molecule has 4 saturated heterocycles. The quantitative estimate of drug-likeness (QED) is 0.0493. The maximum absolute atomic E-state index is 13.0. The maximum atomic E-state index is 13.0. The molecular weight excluding hydrogens is 1250 g/mol. The second kappa shape index (κ2) is 38.0. The van der Waals surface area contributed by atoms with Gasteiger partial charge < -0.3 is 55.8 Å². The maximum Gasteiger partial charge on any atom is 0.317 e. The molecule has 32 heteroatoms. The molecule has 4 fully saturated rings. The summed E-state index contributed by atoms with van der Waals surface area (Å²) in [5.74, 6) is -4.51. The number of nitrogens with one attached hydrogen (secondary N) is 6. The van der Waals surface area contributed by atoms with E-state index >= 15 is 0 Å². The van der Waals surface area contributed by atoms with Crippen LogP contribution in [0.15, 0.2) is 99.9 Å². The molecule has 482 valence electrons. The Bertz CT molecular complexity index is 3340. The number of amides is 4. The van der Waals surface area contributed by atoms with Crippen LogP contribution >= 0.6 is 48.6 Å². The summed E-state index contributed by atoms with van der Waals surface area (Å²) in [6.07, 6.45) is 11.5. The number of benzene rings is 4. The Hall–Kier alpha value is -8.56. The van der Waals surface area contributed by atoms with E-state index in [4.69, 9.17) is 34.6 Å². The van der Waals surface area contributed by atoms with Gasteiger partial charge in [0, 0.05) is 95.3 Å². The summed E-state index contributed by atoms with van der Waals surface area (Å²) in [5, 5.41) is 56.2. The predicted octanol–water partition coefficient (Wildman–Crippen LogP) is 5.48. The van der Waals surface area contributed by atoms with E-state index in [-0.39, 0.29) is 78.6 Å². The van der Waals surface area contributed by atoms with E-state index in [0.29, 0.717) is 68.0 Å². The molecule has 11 N–H and O–H groups in total. The third-order valence-electron chi connectivity index (χ3n) is 12.1. The summed E-state index contributed by atoms with van der Waals surface area (Å²) in [4.78, 5) is 79.7. The number of aromatic hydroxyl groups is 4. The minimum absolute atomic E-state index is 0. The molecule has 0 spiro atoms. The summed E-state index contributed by atoms with van der Waals surface area (Å²) in [6, 6.07) is 14.1. The lowest BCUT2D eigenvalue weighted by Gasteiger charge is -2.32. The Kier molecular flexibility index (Phi) is 32.7. The summed E-state index contributed by atoms with van der Waals surface area (Å²) < 4.78 is 50.9. The van der Waals surface area contributed by atoms with Crippen LogP contribution < -0.4 is 32.2 Å². The molecule has 0 radical (unpaired) electrons. The van der Waals surface area contributed by atoms with Crippen LogP contribution in [0.5, 0.6) is 23.0 Å². The second-order valence-corrected chi connectivity index (χ2v) is 20.1. The third kappa shape index (κ3) is 24.2. The van der Waals surface area contributed by atoms with Gasteiger partial charge in [0.25, 0.3) is 17.7 Å². The Morgan fingerprint density at radius 3 is 1.38 bits per heavy atom. The van der Waals surface area contributed by atoms with Gasteiger partial charge in [-0.2, -0.15) is 9.98 Å². The lowest BCUT2D eigenvalue weighted by Crippen LogP contribution is -2.51. The van der Waals surface area contributed by atoms with Crippen LogP contribution in [0.2, 0.25) is 0 Å². The van der Waals surface area contributed by atoms with Crippen LogP contribution in [-0.4, -0.2) is 188 Å². The second-order valence-electron chi connectivity index (χ2n) is 18.5. The number of hydrogen-bond donors (Lipinski definition) is 11. The zero-order valence-electron chi connectivity index (χ0n) is 48.3.